The highest BCUT2D eigenvalue weighted by atomic mass is 35.5. The van der Waals surface area contributed by atoms with Crippen molar-refractivity contribution in [2.75, 3.05) is 11.9 Å². The summed E-state index contributed by atoms with van der Waals surface area (Å²) in [4.78, 5) is 6.58. The molecule has 10 heteroatoms. The third kappa shape index (κ3) is 3.71. The third-order valence-electron chi connectivity index (χ3n) is 3.21. The van der Waals surface area contributed by atoms with Crippen molar-refractivity contribution in [2.45, 2.75) is 6.42 Å². The first kappa shape index (κ1) is 17.2. The fraction of sp³-hybridized carbons (Fsp3) is 0.133. The predicted molar refractivity (Wildman–Crippen MR) is 81.0 cm³/mol. The van der Waals surface area contributed by atoms with Gasteiger partial charge >= 0.3 is 0 Å². The predicted octanol–water partition coefficient (Wildman–Crippen LogP) is 4.00. The summed E-state index contributed by atoms with van der Waals surface area (Å²) in [5.74, 6) is -6.19. The Morgan fingerprint density at radius 2 is 1.60 bits per heavy atom. The monoisotopic (exact) mass is 372 g/mol. The van der Waals surface area contributed by atoms with Gasteiger partial charge in [-0.3, -0.25) is 0 Å². The first-order valence-corrected chi connectivity index (χ1v) is 7.36. The van der Waals surface area contributed by atoms with Crippen LogP contribution in [0.5, 0.6) is 0 Å². The second-order valence-electron chi connectivity index (χ2n) is 4.89. The zero-order chi connectivity index (χ0) is 18.0. The molecular formula is C15H9ClF4N4O. The van der Waals surface area contributed by atoms with Gasteiger partial charge in [0.05, 0.1) is 0 Å². The minimum absolute atomic E-state index is 0.0744. The normalized spacial score (nSPS) is 10.9. The van der Waals surface area contributed by atoms with Crippen LogP contribution in [0, 0.1) is 23.5 Å². The topological polar surface area (TPSA) is 63.8 Å². The smallest absolute Gasteiger partial charge is 0.253 e. The molecule has 3 rings (SSSR count). The molecule has 1 aromatic carbocycles. The highest BCUT2D eigenvalue weighted by Gasteiger charge is 2.20. The second-order valence-corrected chi connectivity index (χ2v) is 5.33. The molecule has 25 heavy (non-hydrogen) atoms. The minimum atomic E-state index is -1.73. The van der Waals surface area contributed by atoms with Crippen molar-refractivity contribution >= 4 is 17.3 Å². The molecule has 0 aliphatic rings. The Kier molecular flexibility index (Phi) is 4.84. The average Bonchev–Trinajstić information content (AvgIpc) is 3.06. The number of benzene rings is 1. The SMILES string of the molecule is Fc1nc(F)c(F)c(NCCc2nc(-c3ccc(Cl)cc3)no2)c1F. The van der Waals surface area contributed by atoms with Gasteiger partial charge in [0.1, 0.15) is 5.69 Å². The van der Waals surface area contributed by atoms with Gasteiger partial charge < -0.3 is 9.84 Å². The summed E-state index contributed by atoms with van der Waals surface area (Å²) in [5.41, 5.74) is -0.273. The Morgan fingerprint density at radius 1 is 0.960 bits per heavy atom. The summed E-state index contributed by atoms with van der Waals surface area (Å²) in [5, 5.41) is 6.58. The molecule has 0 amide bonds. The number of rotatable bonds is 5. The van der Waals surface area contributed by atoms with E-state index < -0.39 is 29.2 Å². The maximum Gasteiger partial charge on any atom is 0.253 e. The van der Waals surface area contributed by atoms with Crippen LogP contribution >= 0.6 is 11.6 Å². The molecule has 3 aromatic rings. The van der Waals surface area contributed by atoms with Gasteiger partial charge in [-0.15, -0.1) is 0 Å². The largest absolute Gasteiger partial charge is 0.379 e. The molecule has 0 aliphatic carbocycles. The van der Waals surface area contributed by atoms with Crippen LogP contribution in [0.4, 0.5) is 23.2 Å². The van der Waals surface area contributed by atoms with Crippen molar-refractivity contribution < 1.29 is 22.1 Å². The summed E-state index contributed by atoms with van der Waals surface area (Å²) in [6, 6.07) is 6.71. The van der Waals surface area contributed by atoms with E-state index in [9.17, 15) is 17.6 Å². The van der Waals surface area contributed by atoms with Crippen LogP contribution < -0.4 is 5.32 Å². The molecule has 0 bridgehead atoms. The van der Waals surface area contributed by atoms with E-state index in [1.165, 1.54) is 0 Å². The van der Waals surface area contributed by atoms with Crippen molar-refractivity contribution in [3.05, 3.63) is 58.7 Å². The zero-order valence-electron chi connectivity index (χ0n) is 12.4. The van der Waals surface area contributed by atoms with Crippen LogP contribution in [0.3, 0.4) is 0 Å². The Morgan fingerprint density at radius 3 is 2.24 bits per heavy atom. The van der Waals surface area contributed by atoms with E-state index in [4.69, 9.17) is 16.1 Å². The summed E-state index contributed by atoms with van der Waals surface area (Å²) >= 11 is 5.79. The Hall–Kier alpha value is -2.68. The molecule has 0 saturated heterocycles. The van der Waals surface area contributed by atoms with Gasteiger partial charge in [0.2, 0.25) is 23.3 Å². The number of pyridine rings is 1. The Balaban J connectivity index is 1.67. The van der Waals surface area contributed by atoms with Crippen molar-refractivity contribution in [3.63, 3.8) is 0 Å². The number of nitrogens with one attached hydrogen (secondary N) is 1. The van der Waals surface area contributed by atoms with E-state index in [1.54, 1.807) is 24.3 Å². The number of hydrogen-bond donors (Lipinski definition) is 1. The molecule has 5 nitrogen and oxygen atoms in total. The van der Waals surface area contributed by atoms with Gasteiger partial charge in [0.15, 0.2) is 0 Å². The van der Waals surface area contributed by atoms with Crippen LogP contribution in [-0.2, 0) is 6.42 Å². The molecule has 2 heterocycles. The fourth-order valence-corrected chi connectivity index (χ4v) is 2.14. The lowest BCUT2D eigenvalue weighted by atomic mass is 10.2. The van der Waals surface area contributed by atoms with Gasteiger partial charge in [-0.25, -0.2) is 0 Å². The van der Waals surface area contributed by atoms with E-state index in [0.717, 1.165) is 0 Å². The number of hydrogen-bond acceptors (Lipinski definition) is 5. The lowest BCUT2D eigenvalue weighted by molar-refractivity contribution is 0.380. The number of nitrogens with zero attached hydrogens (tertiary/aromatic N) is 3. The van der Waals surface area contributed by atoms with Crippen molar-refractivity contribution in [1.82, 2.24) is 15.1 Å². The highest BCUT2D eigenvalue weighted by molar-refractivity contribution is 6.30. The van der Waals surface area contributed by atoms with Gasteiger partial charge in [0.25, 0.3) is 11.9 Å². The lowest BCUT2D eigenvalue weighted by Crippen LogP contribution is -2.12. The molecule has 0 fully saturated rings. The van der Waals surface area contributed by atoms with E-state index in [2.05, 4.69) is 20.4 Å². The van der Waals surface area contributed by atoms with Gasteiger partial charge in [-0.05, 0) is 24.3 Å². The molecule has 0 unspecified atom stereocenters. The molecule has 0 spiro atoms. The minimum Gasteiger partial charge on any atom is -0.379 e. The van der Waals surface area contributed by atoms with Crippen LogP contribution in [0.2, 0.25) is 5.02 Å². The van der Waals surface area contributed by atoms with Crippen molar-refractivity contribution in [3.8, 4) is 11.4 Å². The van der Waals surface area contributed by atoms with E-state index in [1.807, 2.05) is 0 Å². The quantitative estimate of drug-likeness (QED) is 0.542. The van der Waals surface area contributed by atoms with Crippen LogP contribution in [0.1, 0.15) is 5.89 Å². The summed E-state index contributed by atoms with van der Waals surface area (Å²) in [7, 11) is 0. The third-order valence-corrected chi connectivity index (χ3v) is 3.46. The first-order chi connectivity index (χ1) is 12.0. The van der Waals surface area contributed by atoms with Crippen molar-refractivity contribution in [2.24, 2.45) is 0 Å². The van der Waals surface area contributed by atoms with E-state index in [-0.39, 0.29) is 18.9 Å². The molecule has 0 aliphatic heterocycles. The van der Waals surface area contributed by atoms with Crippen molar-refractivity contribution in [1.29, 1.82) is 0 Å². The van der Waals surface area contributed by atoms with Crippen LogP contribution in [0.25, 0.3) is 11.4 Å². The van der Waals surface area contributed by atoms with E-state index >= 15 is 0 Å². The Labute approximate surface area is 143 Å². The number of halogens is 5. The summed E-state index contributed by atoms with van der Waals surface area (Å²) < 4.78 is 57.9. The fourth-order valence-electron chi connectivity index (χ4n) is 2.01. The second kappa shape index (κ2) is 7.06. The first-order valence-electron chi connectivity index (χ1n) is 6.98. The number of aromatic nitrogens is 3. The standard InChI is InChI=1S/C15H9ClF4N4O/c16-8-3-1-7(2-4-8)15-22-9(25-24-15)5-6-21-12-10(17)13(19)23-14(20)11(12)18/h1-4H,5-6H2,(H,21,23). The van der Waals surface area contributed by atoms with Crippen LogP contribution in [0.15, 0.2) is 28.8 Å². The van der Waals surface area contributed by atoms with Crippen LogP contribution in [-0.4, -0.2) is 21.7 Å². The maximum absolute atomic E-state index is 13.5. The van der Waals surface area contributed by atoms with E-state index in [0.29, 0.717) is 16.4 Å². The molecular weight excluding hydrogens is 364 g/mol. The Bertz CT molecular complexity index is 875. The summed E-state index contributed by atoms with van der Waals surface area (Å²) in [6.07, 6.45) is 0.0744. The molecule has 0 saturated carbocycles. The maximum atomic E-state index is 13.5. The number of anilines is 1. The van der Waals surface area contributed by atoms with Gasteiger partial charge in [-0.1, -0.05) is 16.8 Å². The molecule has 2 aromatic heterocycles. The summed E-state index contributed by atoms with van der Waals surface area (Å²) in [6.45, 7) is -0.0982. The molecule has 0 radical (unpaired) electrons. The molecule has 130 valence electrons. The van der Waals surface area contributed by atoms with Gasteiger partial charge in [-0.2, -0.15) is 27.5 Å². The highest BCUT2D eigenvalue weighted by Crippen LogP contribution is 2.22. The van der Waals surface area contributed by atoms with Gasteiger partial charge in [0, 0.05) is 23.6 Å². The lowest BCUT2D eigenvalue weighted by Gasteiger charge is -2.07. The zero-order valence-corrected chi connectivity index (χ0v) is 13.1. The molecule has 0 atom stereocenters. The molecule has 1 N–H and O–H groups in total. The average molecular weight is 373 g/mol.